The van der Waals surface area contributed by atoms with Crippen LogP contribution in [-0.4, -0.2) is 34.9 Å². The third-order valence-corrected chi connectivity index (χ3v) is 0.183. The molecule has 0 unspecified atom stereocenters. The Kier molecular flexibility index (Phi) is 12.9. The molecule has 0 aliphatic carbocycles. The van der Waals surface area contributed by atoms with E-state index >= 15 is 0 Å². The van der Waals surface area contributed by atoms with Crippen LogP contribution in [0.3, 0.4) is 0 Å². The zero-order valence-corrected chi connectivity index (χ0v) is 5.07. The van der Waals surface area contributed by atoms with Crippen molar-refractivity contribution in [3.8, 4) is 0 Å². The average molecular weight is 138 g/mol. The smallest absolute Gasteiger partial charge is 0.300 e. The Morgan fingerprint density at radius 2 is 1.67 bits per heavy atom. The van der Waals surface area contributed by atoms with E-state index in [0.29, 0.717) is 0 Å². The summed E-state index contributed by atoms with van der Waals surface area (Å²) >= 11 is 0. The lowest BCUT2D eigenvalue weighted by Gasteiger charge is -1.85. The monoisotopic (exact) mass is 138 g/mol. The molecular weight excluding hydrogens is 128 g/mol. The van der Waals surface area contributed by atoms with Crippen LogP contribution in [0.15, 0.2) is 0 Å². The molecule has 0 saturated carbocycles. The van der Waals surface area contributed by atoms with Crippen molar-refractivity contribution < 1.29 is 24.9 Å². The van der Waals surface area contributed by atoms with Crippen molar-refractivity contribution in [2.24, 2.45) is 0 Å². The van der Waals surface area contributed by atoms with Crippen LogP contribution in [0.5, 0.6) is 0 Å². The van der Waals surface area contributed by atoms with Crippen molar-refractivity contribution in [1.82, 2.24) is 0 Å². The molecule has 0 aromatic rings. The maximum Gasteiger partial charge on any atom is 0.300 e. The van der Waals surface area contributed by atoms with E-state index in [0.717, 1.165) is 6.92 Å². The average Bonchev–Trinajstić information content (AvgIpc) is 1.66. The second-order valence-electron chi connectivity index (χ2n) is 0.981. The van der Waals surface area contributed by atoms with Crippen molar-refractivity contribution in [3.63, 3.8) is 0 Å². The first-order valence-corrected chi connectivity index (χ1v) is 2.14. The topological polar surface area (TPSA) is 87.0 Å². The highest BCUT2D eigenvalue weighted by molar-refractivity contribution is 5.62. The van der Waals surface area contributed by atoms with Crippen molar-refractivity contribution >= 4 is 5.97 Å². The Morgan fingerprint density at radius 1 is 1.44 bits per heavy atom. The fraction of sp³-hybridized carbons (Fsp3) is 0.750. The molecule has 0 saturated heterocycles. The lowest BCUT2D eigenvalue weighted by Crippen LogP contribution is -1.91. The number of aliphatic hydroxyl groups is 2. The van der Waals surface area contributed by atoms with Gasteiger partial charge >= 0.3 is 0 Å². The van der Waals surface area contributed by atoms with Gasteiger partial charge in [0, 0.05) is 6.92 Å². The summed E-state index contributed by atoms with van der Waals surface area (Å²) in [5.41, 5.74) is 0. The van der Waals surface area contributed by atoms with E-state index in [9.17, 15) is 0 Å². The van der Waals surface area contributed by atoms with Crippen molar-refractivity contribution in [3.05, 3.63) is 0 Å². The first-order chi connectivity index (χ1) is 4.15. The minimum atomic E-state index is -0.833. The molecule has 0 atom stereocenters. The lowest BCUT2D eigenvalue weighted by atomic mass is 10.9. The molecule has 0 bridgehead atoms. The van der Waals surface area contributed by atoms with Gasteiger partial charge in [-0.2, -0.15) is 0 Å². The minimum absolute atomic E-state index is 0.406. The highest BCUT2D eigenvalue weighted by Gasteiger charge is 1.66. The number of ether oxygens (including phenoxy) is 1. The predicted molar refractivity (Wildman–Crippen MR) is 28.6 cm³/mol. The van der Waals surface area contributed by atoms with Gasteiger partial charge in [0.25, 0.3) is 5.97 Å². The van der Waals surface area contributed by atoms with Crippen LogP contribution in [0, 0.1) is 0 Å². The largest absolute Gasteiger partial charge is 0.481 e. The lowest BCUT2D eigenvalue weighted by molar-refractivity contribution is -0.134. The minimum Gasteiger partial charge on any atom is -0.481 e. The Labute approximate surface area is 52.5 Å². The second kappa shape index (κ2) is 10.4. The maximum absolute atomic E-state index is 9.00. The Hall–Kier alpha value is -0.650. The van der Waals surface area contributed by atoms with Gasteiger partial charge in [-0.1, -0.05) is 0 Å². The molecule has 0 fully saturated rings. The molecule has 0 spiro atoms. The standard InChI is InChI=1S/C2H6O3.C2H4O2/c3-1-5-2-4;1-2(3)4/h3-4H,1-2H2;1H3,(H,3,4). The Morgan fingerprint density at radius 3 is 1.67 bits per heavy atom. The molecule has 0 aliphatic rings. The van der Waals surface area contributed by atoms with Crippen molar-refractivity contribution in [1.29, 1.82) is 0 Å². The molecular formula is C4H10O5. The summed E-state index contributed by atoms with van der Waals surface area (Å²) in [5, 5.41) is 22.8. The van der Waals surface area contributed by atoms with E-state index in [1.165, 1.54) is 0 Å². The summed E-state index contributed by atoms with van der Waals surface area (Å²) in [6.07, 6.45) is 0. The van der Waals surface area contributed by atoms with Gasteiger partial charge in [-0.05, 0) is 0 Å². The third-order valence-electron chi connectivity index (χ3n) is 0.183. The summed E-state index contributed by atoms with van der Waals surface area (Å²) in [6, 6.07) is 0. The van der Waals surface area contributed by atoms with Gasteiger partial charge in [-0.25, -0.2) is 0 Å². The SMILES string of the molecule is CC(=O)O.OCOCO. The van der Waals surface area contributed by atoms with Crippen LogP contribution in [-0.2, 0) is 9.53 Å². The fourth-order valence-electron chi connectivity index (χ4n) is 0.0408. The highest BCUT2D eigenvalue weighted by atomic mass is 16.6. The van der Waals surface area contributed by atoms with E-state index in [-0.39, 0.29) is 0 Å². The van der Waals surface area contributed by atoms with Gasteiger partial charge in [0.1, 0.15) is 13.6 Å². The van der Waals surface area contributed by atoms with Crippen molar-refractivity contribution in [2.45, 2.75) is 6.92 Å². The van der Waals surface area contributed by atoms with E-state index in [2.05, 4.69) is 4.74 Å². The molecule has 3 N–H and O–H groups in total. The number of carbonyl (C=O) groups is 1. The molecule has 0 heterocycles. The van der Waals surface area contributed by atoms with E-state index in [4.69, 9.17) is 20.1 Å². The number of hydrogen-bond donors (Lipinski definition) is 3. The second-order valence-corrected chi connectivity index (χ2v) is 0.981. The number of hydrogen-bond acceptors (Lipinski definition) is 4. The van der Waals surface area contributed by atoms with Crippen molar-refractivity contribution in [2.75, 3.05) is 13.6 Å². The first kappa shape index (κ1) is 11.2. The zero-order valence-electron chi connectivity index (χ0n) is 5.07. The normalized spacial score (nSPS) is 7.44. The van der Waals surface area contributed by atoms with E-state index in [1.807, 2.05) is 0 Å². The molecule has 5 heteroatoms. The van der Waals surface area contributed by atoms with Gasteiger partial charge in [0.15, 0.2) is 0 Å². The molecule has 0 rings (SSSR count). The number of carboxylic acid groups (broad SMARTS) is 1. The number of carboxylic acids is 1. The molecule has 9 heavy (non-hydrogen) atoms. The fourth-order valence-corrected chi connectivity index (χ4v) is 0.0408. The van der Waals surface area contributed by atoms with Crippen LogP contribution in [0.25, 0.3) is 0 Å². The molecule has 0 aliphatic heterocycles. The van der Waals surface area contributed by atoms with E-state index < -0.39 is 19.6 Å². The first-order valence-electron chi connectivity index (χ1n) is 2.14. The quantitative estimate of drug-likeness (QED) is 0.426. The maximum atomic E-state index is 9.00. The summed E-state index contributed by atoms with van der Waals surface area (Å²) in [5.74, 6) is -0.833. The Balaban J connectivity index is 0. The predicted octanol–water partition coefficient (Wildman–Crippen LogP) is -1.01. The van der Waals surface area contributed by atoms with Gasteiger partial charge in [-0.3, -0.25) is 4.79 Å². The van der Waals surface area contributed by atoms with Crippen LogP contribution >= 0.6 is 0 Å². The number of rotatable bonds is 2. The van der Waals surface area contributed by atoms with Crippen LogP contribution in [0.1, 0.15) is 6.92 Å². The van der Waals surface area contributed by atoms with Gasteiger partial charge in [-0.15, -0.1) is 0 Å². The van der Waals surface area contributed by atoms with Gasteiger partial charge in [0.2, 0.25) is 0 Å². The summed E-state index contributed by atoms with van der Waals surface area (Å²) in [4.78, 5) is 9.00. The summed E-state index contributed by atoms with van der Waals surface area (Å²) in [6.45, 7) is 0.271. The van der Waals surface area contributed by atoms with Crippen LogP contribution in [0.2, 0.25) is 0 Å². The molecule has 56 valence electrons. The summed E-state index contributed by atoms with van der Waals surface area (Å²) < 4.78 is 3.94. The summed E-state index contributed by atoms with van der Waals surface area (Å²) in [7, 11) is 0. The third kappa shape index (κ3) is 115. The highest BCUT2D eigenvalue weighted by Crippen LogP contribution is 1.56. The molecule has 0 aromatic carbocycles. The Bertz CT molecular complexity index is 56.0. The molecule has 0 aromatic heterocycles. The van der Waals surface area contributed by atoms with Gasteiger partial charge in [0.05, 0.1) is 0 Å². The van der Waals surface area contributed by atoms with E-state index in [1.54, 1.807) is 0 Å². The number of aliphatic hydroxyl groups excluding tert-OH is 2. The van der Waals surface area contributed by atoms with Crippen LogP contribution < -0.4 is 0 Å². The van der Waals surface area contributed by atoms with Crippen LogP contribution in [0.4, 0.5) is 0 Å². The number of aliphatic carboxylic acids is 1. The zero-order chi connectivity index (χ0) is 7.70. The molecule has 5 nitrogen and oxygen atoms in total. The molecule has 0 radical (unpaired) electrons. The molecule has 0 amide bonds. The van der Waals surface area contributed by atoms with Gasteiger partial charge < -0.3 is 20.1 Å².